The fraction of sp³-hybridized carbons (Fsp3) is 0.562. The maximum Gasteiger partial charge on any atom is 0.226 e. The summed E-state index contributed by atoms with van der Waals surface area (Å²) in [5.41, 5.74) is 1.57. The smallest absolute Gasteiger partial charge is 0.226 e. The van der Waals surface area contributed by atoms with E-state index in [9.17, 15) is 4.79 Å². The van der Waals surface area contributed by atoms with Crippen LogP contribution < -0.4 is 10.6 Å². The van der Waals surface area contributed by atoms with Crippen molar-refractivity contribution in [3.05, 3.63) is 35.4 Å². The molecule has 1 aromatic rings. The molecule has 0 aliphatic rings. The molecule has 1 atom stereocenters. The summed E-state index contributed by atoms with van der Waals surface area (Å²) in [4.78, 5) is 11.9. The minimum absolute atomic E-state index is 0.0466. The van der Waals surface area contributed by atoms with Crippen molar-refractivity contribution in [2.45, 2.75) is 40.3 Å². The summed E-state index contributed by atoms with van der Waals surface area (Å²) in [5.74, 6) is 0.0591. The zero-order valence-corrected chi connectivity index (χ0v) is 12.9. The summed E-state index contributed by atoms with van der Waals surface area (Å²) < 4.78 is 0. The Morgan fingerprint density at radius 2 is 2.10 bits per heavy atom. The van der Waals surface area contributed by atoms with E-state index in [1.165, 1.54) is 0 Å². The highest BCUT2D eigenvalue weighted by Gasteiger charge is 2.27. The number of hydrogen-bond donors (Lipinski definition) is 3. The van der Waals surface area contributed by atoms with Crippen molar-refractivity contribution in [1.82, 2.24) is 10.6 Å². The van der Waals surface area contributed by atoms with E-state index in [-0.39, 0.29) is 18.6 Å². The van der Waals surface area contributed by atoms with Crippen LogP contribution in [0.25, 0.3) is 0 Å². The van der Waals surface area contributed by atoms with Gasteiger partial charge in [-0.05, 0) is 38.8 Å². The normalized spacial score (nSPS) is 13.1. The zero-order valence-electron chi connectivity index (χ0n) is 12.9. The lowest BCUT2D eigenvalue weighted by molar-refractivity contribution is -0.129. The summed E-state index contributed by atoms with van der Waals surface area (Å²) >= 11 is 0. The quantitative estimate of drug-likeness (QED) is 0.715. The molecular formula is C16H26N2O2. The topological polar surface area (TPSA) is 61.4 Å². The van der Waals surface area contributed by atoms with Gasteiger partial charge in [0.05, 0.1) is 12.0 Å². The standard InChI is InChI=1S/C16H26N2O2/c1-5-17-15(20)16(3,4)11-18-12(2)14-8-6-7-13(9-14)10-19/h6-9,12,18-19H,5,10-11H2,1-4H3,(H,17,20). The van der Waals surface area contributed by atoms with E-state index in [4.69, 9.17) is 5.11 Å². The molecule has 1 amide bonds. The molecule has 20 heavy (non-hydrogen) atoms. The van der Waals surface area contributed by atoms with Gasteiger partial charge in [-0.1, -0.05) is 24.3 Å². The van der Waals surface area contributed by atoms with E-state index in [0.717, 1.165) is 11.1 Å². The molecule has 1 rings (SSSR count). The first-order valence-electron chi connectivity index (χ1n) is 7.12. The van der Waals surface area contributed by atoms with Crippen molar-refractivity contribution in [3.8, 4) is 0 Å². The van der Waals surface area contributed by atoms with Crippen LogP contribution in [0.15, 0.2) is 24.3 Å². The van der Waals surface area contributed by atoms with Crippen molar-refractivity contribution in [2.24, 2.45) is 5.41 Å². The second kappa shape index (κ2) is 7.41. The Labute approximate surface area is 121 Å². The Morgan fingerprint density at radius 3 is 2.70 bits per heavy atom. The predicted octanol–water partition coefficient (Wildman–Crippen LogP) is 1.99. The fourth-order valence-electron chi connectivity index (χ4n) is 1.97. The Hall–Kier alpha value is -1.39. The van der Waals surface area contributed by atoms with E-state index in [2.05, 4.69) is 17.6 Å². The number of carbonyl (C=O) groups excluding carboxylic acids is 1. The summed E-state index contributed by atoms with van der Waals surface area (Å²) in [6.07, 6.45) is 0. The second-order valence-electron chi connectivity index (χ2n) is 5.75. The maximum atomic E-state index is 11.9. The molecule has 0 heterocycles. The molecule has 4 heteroatoms. The van der Waals surface area contributed by atoms with Crippen LogP contribution in [0.3, 0.4) is 0 Å². The number of amides is 1. The van der Waals surface area contributed by atoms with Crippen LogP contribution in [0.5, 0.6) is 0 Å². The highest BCUT2D eigenvalue weighted by atomic mass is 16.3. The summed E-state index contributed by atoms with van der Waals surface area (Å²) in [7, 11) is 0. The van der Waals surface area contributed by atoms with Crippen molar-refractivity contribution < 1.29 is 9.90 Å². The van der Waals surface area contributed by atoms with E-state index in [1.807, 2.05) is 45.0 Å². The molecule has 0 fully saturated rings. The molecule has 0 saturated carbocycles. The summed E-state index contributed by atoms with van der Waals surface area (Å²) in [6, 6.07) is 7.98. The molecule has 0 spiro atoms. The fourth-order valence-corrected chi connectivity index (χ4v) is 1.97. The number of nitrogens with one attached hydrogen (secondary N) is 2. The van der Waals surface area contributed by atoms with Crippen molar-refractivity contribution in [1.29, 1.82) is 0 Å². The minimum Gasteiger partial charge on any atom is -0.392 e. The SMILES string of the molecule is CCNC(=O)C(C)(C)CNC(C)c1cccc(CO)c1. The Bertz CT molecular complexity index is 444. The predicted molar refractivity (Wildman–Crippen MR) is 81.2 cm³/mol. The third-order valence-corrected chi connectivity index (χ3v) is 3.44. The van der Waals surface area contributed by atoms with E-state index in [0.29, 0.717) is 13.1 Å². The molecule has 0 radical (unpaired) electrons. The van der Waals surface area contributed by atoms with Gasteiger partial charge in [-0.3, -0.25) is 4.79 Å². The molecule has 0 aliphatic carbocycles. The molecule has 3 N–H and O–H groups in total. The number of benzene rings is 1. The van der Waals surface area contributed by atoms with Crippen molar-refractivity contribution in [2.75, 3.05) is 13.1 Å². The third-order valence-electron chi connectivity index (χ3n) is 3.44. The molecule has 0 aromatic heterocycles. The third kappa shape index (κ3) is 4.62. The van der Waals surface area contributed by atoms with Gasteiger partial charge in [-0.15, -0.1) is 0 Å². The van der Waals surface area contributed by atoms with Crippen LogP contribution in [-0.4, -0.2) is 24.1 Å². The average molecular weight is 278 g/mol. The lowest BCUT2D eigenvalue weighted by Gasteiger charge is -2.26. The number of carbonyl (C=O) groups is 1. The van der Waals surface area contributed by atoms with E-state index >= 15 is 0 Å². The minimum atomic E-state index is -0.446. The van der Waals surface area contributed by atoms with E-state index in [1.54, 1.807) is 0 Å². The van der Waals surface area contributed by atoms with Crippen LogP contribution >= 0.6 is 0 Å². The van der Waals surface area contributed by atoms with Crippen LogP contribution in [-0.2, 0) is 11.4 Å². The molecule has 4 nitrogen and oxygen atoms in total. The Balaban J connectivity index is 2.62. The van der Waals surface area contributed by atoms with Gasteiger partial charge in [0.25, 0.3) is 0 Å². The van der Waals surface area contributed by atoms with Gasteiger partial charge in [-0.2, -0.15) is 0 Å². The van der Waals surface area contributed by atoms with Gasteiger partial charge in [0, 0.05) is 19.1 Å². The number of aliphatic hydroxyl groups excluding tert-OH is 1. The van der Waals surface area contributed by atoms with Gasteiger partial charge in [0.1, 0.15) is 0 Å². The van der Waals surface area contributed by atoms with Crippen LogP contribution in [0.2, 0.25) is 0 Å². The van der Waals surface area contributed by atoms with Crippen LogP contribution in [0.1, 0.15) is 44.9 Å². The van der Waals surface area contributed by atoms with Gasteiger partial charge in [0.2, 0.25) is 5.91 Å². The second-order valence-corrected chi connectivity index (χ2v) is 5.75. The first kappa shape index (κ1) is 16.7. The average Bonchev–Trinajstić information content (AvgIpc) is 2.45. The zero-order chi connectivity index (χ0) is 15.2. The van der Waals surface area contributed by atoms with Gasteiger partial charge in [0.15, 0.2) is 0 Å². The molecule has 1 aromatic carbocycles. The van der Waals surface area contributed by atoms with Crippen LogP contribution in [0.4, 0.5) is 0 Å². The number of hydrogen-bond acceptors (Lipinski definition) is 3. The van der Waals surface area contributed by atoms with Gasteiger partial charge in [-0.25, -0.2) is 0 Å². The van der Waals surface area contributed by atoms with E-state index < -0.39 is 5.41 Å². The Kier molecular flexibility index (Phi) is 6.17. The maximum absolute atomic E-state index is 11.9. The monoisotopic (exact) mass is 278 g/mol. The first-order valence-corrected chi connectivity index (χ1v) is 7.12. The molecular weight excluding hydrogens is 252 g/mol. The molecule has 0 saturated heterocycles. The highest BCUT2D eigenvalue weighted by molar-refractivity contribution is 5.81. The first-order chi connectivity index (χ1) is 9.40. The van der Waals surface area contributed by atoms with Gasteiger partial charge >= 0.3 is 0 Å². The molecule has 112 valence electrons. The highest BCUT2D eigenvalue weighted by Crippen LogP contribution is 2.18. The van der Waals surface area contributed by atoms with Crippen LogP contribution in [0, 0.1) is 5.41 Å². The molecule has 0 bridgehead atoms. The summed E-state index contributed by atoms with van der Waals surface area (Å²) in [5, 5.41) is 15.4. The molecule has 1 unspecified atom stereocenters. The van der Waals surface area contributed by atoms with Crippen molar-refractivity contribution >= 4 is 5.91 Å². The van der Waals surface area contributed by atoms with Crippen molar-refractivity contribution in [3.63, 3.8) is 0 Å². The lowest BCUT2D eigenvalue weighted by atomic mass is 9.91. The number of rotatable bonds is 7. The van der Waals surface area contributed by atoms with Gasteiger partial charge < -0.3 is 15.7 Å². The number of aliphatic hydroxyl groups is 1. The molecule has 0 aliphatic heterocycles. The lowest BCUT2D eigenvalue weighted by Crippen LogP contribution is -2.43. The summed E-state index contributed by atoms with van der Waals surface area (Å²) in [6.45, 7) is 9.14. The Morgan fingerprint density at radius 1 is 1.40 bits per heavy atom. The largest absolute Gasteiger partial charge is 0.392 e.